The Hall–Kier alpha value is -0.810. The van der Waals surface area contributed by atoms with Gasteiger partial charge in [-0.05, 0) is 23.8 Å². The van der Waals surface area contributed by atoms with Crippen LogP contribution in [0.5, 0.6) is 5.75 Å². The quantitative estimate of drug-likeness (QED) is 0.920. The van der Waals surface area contributed by atoms with Gasteiger partial charge < -0.3 is 10.5 Å². The van der Waals surface area contributed by atoms with Crippen molar-refractivity contribution >= 4 is 34.5 Å². The van der Waals surface area contributed by atoms with Crippen LogP contribution in [0.1, 0.15) is 17.2 Å². The van der Waals surface area contributed by atoms with Crippen molar-refractivity contribution in [2.24, 2.45) is 5.73 Å². The smallest absolute Gasteiger partial charge is 0.165 e. The average Bonchev–Trinajstić information content (AvgIpc) is 2.67. The maximum Gasteiger partial charge on any atom is 0.165 e. The molecule has 0 aliphatic carbocycles. The van der Waals surface area contributed by atoms with Crippen LogP contribution in [0.3, 0.4) is 0 Å². The van der Waals surface area contributed by atoms with Gasteiger partial charge in [0.2, 0.25) is 0 Å². The molecule has 1 aromatic heterocycles. The van der Waals surface area contributed by atoms with Crippen LogP contribution >= 0.6 is 34.5 Å². The highest BCUT2D eigenvalue weighted by Gasteiger charge is 2.17. The number of rotatable bonds is 3. The summed E-state index contributed by atoms with van der Waals surface area (Å²) in [6.07, 6.45) is 0. The lowest BCUT2D eigenvalue weighted by molar-refractivity contribution is 0.386. The molecule has 0 aliphatic heterocycles. The minimum Gasteiger partial charge on any atom is -0.494 e. The number of benzene rings is 1. The Balaban J connectivity index is 2.37. The van der Waals surface area contributed by atoms with Crippen molar-refractivity contribution in [2.75, 3.05) is 7.11 Å². The van der Waals surface area contributed by atoms with Crippen molar-refractivity contribution in [3.05, 3.63) is 49.9 Å². The molecule has 0 spiro atoms. The Morgan fingerprint density at radius 1 is 1.33 bits per heavy atom. The van der Waals surface area contributed by atoms with Crippen LogP contribution in [-0.2, 0) is 0 Å². The average molecular weight is 306 g/mol. The molecule has 2 aromatic rings. The summed E-state index contributed by atoms with van der Waals surface area (Å²) in [5, 5.41) is 0. The second-order valence-corrected chi connectivity index (χ2v) is 5.94. The van der Waals surface area contributed by atoms with E-state index in [1.807, 2.05) is 0 Å². The van der Waals surface area contributed by atoms with Crippen molar-refractivity contribution in [3.8, 4) is 5.75 Å². The van der Waals surface area contributed by atoms with Crippen LogP contribution in [0.4, 0.5) is 4.39 Å². The van der Waals surface area contributed by atoms with Gasteiger partial charge in [-0.1, -0.05) is 29.3 Å². The molecule has 0 fully saturated rings. The minimum absolute atomic E-state index is 0.181. The fourth-order valence-corrected chi connectivity index (χ4v) is 3.17. The molecule has 6 heteroatoms. The molecule has 1 heterocycles. The van der Waals surface area contributed by atoms with E-state index < -0.39 is 11.9 Å². The monoisotopic (exact) mass is 305 g/mol. The lowest BCUT2D eigenvalue weighted by atomic mass is 10.0. The number of nitrogens with two attached hydrogens (primary N) is 1. The number of hydrogen-bond acceptors (Lipinski definition) is 3. The molecule has 0 aliphatic rings. The first kappa shape index (κ1) is 13.6. The number of methoxy groups -OCH3 is 1. The van der Waals surface area contributed by atoms with Crippen molar-refractivity contribution in [1.82, 2.24) is 0 Å². The van der Waals surface area contributed by atoms with E-state index in [0.29, 0.717) is 19.8 Å². The molecule has 0 radical (unpaired) electrons. The van der Waals surface area contributed by atoms with Gasteiger partial charge in [-0.3, -0.25) is 0 Å². The molecule has 2 nitrogen and oxygen atoms in total. The SMILES string of the molecule is COc1ccc(C(N)c2cc(Cl)sc2Cl)cc1F. The number of ether oxygens (including phenoxy) is 1. The van der Waals surface area contributed by atoms with Gasteiger partial charge in [-0.2, -0.15) is 0 Å². The van der Waals surface area contributed by atoms with Crippen molar-refractivity contribution < 1.29 is 9.13 Å². The van der Waals surface area contributed by atoms with Crippen molar-refractivity contribution in [3.63, 3.8) is 0 Å². The van der Waals surface area contributed by atoms with Gasteiger partial charge in [0, 0.05) is 5.56 Å². The van der Waals surface area contributed by atoms with Crippen LogP contribution in [-0.4, -0.2) is 7.11 Å². The summed E-state index contributed by atoms with van der Waals surface area (Å²) in [6, 6.07) is 5.76. The number of thiophene rings is 1. The standard InChI is InChI=1S/C12H10Cl2FNOS/c1-17-9-3-2-6(4-8(9)15)11(16)7-5-10(13)18-12(7)14/h2-5,11H,16H2,1H3. The molecule has 96 valence electrons. The van der Waals surface area contributed by atoms with Gasteiger partial charge >= 0.3 is 0 Å². The normalized spacial score (nSPS) is 12.5. The van der Waals surface area contributed by atoms with E-state index in [2.05, 4.69) is 0 Å². The molecule has 18 heavy (non-hydrogen) atoms. The molecule has 1 atom stereocenters. The molecule has 2 N–H and O–H groups in total. The van der Waals surface area contributed by atoms with E-state index in [0.717, 1.165) is 0 Å². The van der Waals surface area contributed by atoms with E-state index >= 15 is 0 Å². The topological polar surface area (TPSA) is 35.2 Å². The van der Waals surface area contributed by atoms with Gasteiger partial charge in [-0.15, -0.1) is 11.3 Å². The Morgan fingerprint density at radius 2 is 2.06 bits per heavy atom. The second-order valence-electron chi connectivity index (χ2n) is 3.65. The molecule has 2 rings (SSSR count). The summed E-state index contributed by atoms with van der Waals surface area (Å²) in [7, 11) is 1.41. The third-order valence-corrected chi connectivity index (χ3v) is 4.07. The summed E-state index contributed by atoms with van der Waals surface area (Å²) in [4.78, 5) is 0. The van der Waals surface area contributed by atoms with Crippen LogP contribution in [0, 0.1) is 5.82 Å². The van der Waals surface area contributed by atoms with Crippen LogP contribution in [0.25, 0.3) is 0 Å². The predicted octanol–water partition coefficient (Wildman–Crippen LogP) is 4.25. The maximum absolute atomic E-state index is 13.6. The first-order chi connectivity index (χ1) is 8.52. The first-order valence-corrected chi connectivity index (χ1v) is 6.64. The minimum atomic E-state index is -0.512. The Morgan fingerprint density at radius 3 is 2.56 bits per heavy atom. The fourth-order valence-electron chi connectivity index (χ4n) is 1.62. The third kappa shape index (κ3) is 2.62. The van der Waals surface area contributed by atoms with Gasteiger partial charge in [0.05, 0.1) is 21.8 Å². The fraction of sp³-hybridized carbons (Fsp3) is 0.167. The maximum atomic E-state index is 13.6. The van der Waals surface area contributed by atoms with Crippen molar-refractivity contribution in [1.29, 1.82) is 0 Å². The van der Waals surface area contributed by atoms with Crippen LogP contribution in [0.15, 0.2) is 24.3 Å². The third-order valence-electron chi connectivity index (χ3n) is 2.55. The van der Waals surface area contributed by atoms with Gasteiger partial charge in [-0.25, -0.2) is 4.39 Å². The molecule has 1 aromatic carbocycles. The van der Waals surface area contributed by atoms with E-state index in [1.165, 1.54) is 30.6 Å². The van der Waals surface area contributed by atoms with Crippen LogP contribution < -0.4 is 10.5 Å². The van der Waals surface area contributed by atoms with Crippen molar-refractivity contribution in [2.45, 2.75) is 6.04 Å². The highest BCUT2D eigenvalue weighted by molar-refractivity contribution is 7.20. The molecule has 0 saturated heterocycles. The lowest BCUT2D eigenvalue weighted by Crippen LogP contribution is -2.11. The van der Waals surface area contributed by atoms with Gasteiger partial charge in [0.1, 0.15) is 0 Å². The summed E-state index contributed by atoms with van der Waals surface area (Å²) >= 11 is 13.1. The number of halogens is 3. The molecular weight excluding hydrogens is 296 g/mol. The van der Waals surface area contributed by atoms with Gasteiger partial charge in [0.15, 0.2) is 11.6 Å². The van der Waals surface area contributed by atoms with Gasteiger partial charge in [0.25, 0.3) is 0 Å². The zero-order chi connectivity index (χ0) is 13.3. The molecule has 0 amide bonds. The highest BCUT2D eigenvalue weighted by atomic mass is 35.5. The molecule has 1 unspecified atom stereocenters. The van der Waals surface area contributed by atoms with E-state index in [1.54, 1.807) is 12.1 Å². The summed E-state index contributed by atoms with van der Waals surface area (Å²) < 4.78 is 19.5. The summed E-state index contributed by atoms with van der Waals surface area (Å²) in [5.41, 5.74) is 7.35. The van der Waals surface area contributed by atoms with E-state index in [9.17, 15) is 4.39 Å². The Kier molecular flexibility index (Phi) is 4.12. The number of hydrogen-bond donors (Lipinski definition) is 1. The Bertz CT molecular complexity index is 573. The summed E-state index contributed by atoms with van der Waals surface area (Å²) in [5.74, 6) is -0.275. The highest BCUT2D eigenvalue weighted by Crippen LogP contribution is 2.36. The predicted molar refractivity (Wildman–Crippen MR) is 73.3 cm³/mol. The van der Waals surface area contributed by atoms with E-state index in [4.69, 9.17) is 33.7 Å². The molecule has 0 saturated carbocycles. The summed E-state index contributed by atoms with van der Waals surface area (Å²) in [6.45, 7) is 0. The zero-order valence-corrected chi connectivity index (χ0v) is 11.7. The first-order valence-electron chi connectivity index (χ1n) is 5.06. The Labute approximate surface area is 118 Å². The van der Waals surface area contributed by atoms with Crippen LogP contribution in [0.2, 0.25) is 8.67 Å². The zero-order valence-electron chi connectivity index (χ0n) is 9.41. The largest absolute Gasteiger partial charge is 0.494 e. The lowest BCUT2D eigenvalue weighted by Gasteiger charge is -2.12. The second kappa shape index (κ2) is 5.45. The molecular formula is C12H10Cl2FNOS. The van der Waals surface area contributed by atoms with E-state index in [-0.39, 0.29) is 5.75 Å². The molecule has 0 bridgehead atoms.